The Hall–Kier alpha value is -3.96. The molecule has 1 amide bonds. The lowest BCUT2D eigenvalue weighted by molar-refractivity contribution is -0.0980. The number of nitrogens with two attached hydrogens (primary N) is 2. The van der Waals surface area contributed by atoms with Crippen LogP contribution in [-0.2, 0) is 11.2 Å². The van der Waals surface area contributed by atoms with Crippen LogP contribution in [0.25, 0.3) is 11.3 Å². The largest absolute Gasteiger partial charge is 0.495 e. The van der Waals surface area contributed by atoms with Gasteiger partial charge in [-0.3, -0.25) is 14.8 Å². The molecule has 0 spiro atoms. The number of aromatic nitrogens is 2. The van der Waals surface area contributed by atoms with Gasteiger partial charge in [-0.1, -0.05) is 18.5 Å². The quantitative estimate of drug-likeness (QED) is 0.121. The van der Waals surface area contributed by atoms with E-state index < -0.39 is 12.2 Å². The van der Waals surface area contributed by atoms with Crippen molar-refractivity contribution in [1.29, 1.82) is 0 Å². The first kappa shape index (κ1) is 34.5. The highest BCUT2D eigenvalue weighted by molar-refractivity contribution is 6.33. The van der Waals surface area contributed by atoms with E-state index in [1.54, 1.807) is 18.2 Å². The molecule has 44 heavy (non-hydrogen) atoms. The number of carbonyl (C=O) groups is 2. The molecule has 3 aromatic rings. The van der Waals surface area contributed by atoms with Crippen LogP contribution in [0.15, 0.2) is 35.5 Å². The van der Waals surface area contributed by atoms with Crippen molar-refractivity contribution in [3.63, 3.8) is 0 Å². The number of anilines is 1. The zero-order chi connectivity index (χ0) is 32.6. The van der Waals surface area contributed by atoms with E-state index in [2.05, 4.69) is 34.0 Å². The van der Waals surface area contributed by atoms with E-state index >= 15 is 0 Å². The summed E-state index contributed by atoms with van der Waals surface area (Å²) in [5, 5.41) is 3.01. The normalized spacial score (nSPS) is 16.6. The van der Waals surface area contributed by atoms with Gasteiger partial charge in [0.2, 0.25) is 5.95 Å². The van der Waals surface area contributed by atoms with Gasteiger partial charge in [-0.25, -0.2) is 9.37 Å². The molecular weight excluding hydrogens is 590 g/mol. The lowest BCUT2D eigenvalue weighted by atomic mass is 9.92. The summed E-state index contributed by atoms with van der Waals surface area (Å²) in [5.41, 5.74) is 16.0. The lowest BCUT2D eigenvalue weighted by Crippen LogP contribution is -2.30. The Labute approximate surface area is 261 Å². The number of carbonyl (C=O) groups excluding carboxylic acids is 2. The molecule has 2 aliphatic carbocycles. The first-order chi connectivity index (χ1) is 21.2. The molecule has 2 aromatic heterocycles. The average molecular weight is 629 g/mol. The smallest absolute Gasteiger partial charge is 0.251 e. The monoisotopic (exact) mass is 628 g/mol. The van der Waals surface area contributed by atoms with Crippen LogP contribution in [0, 0.1) is 11.9 Å². The number of aliphatic imine (C=N–C) groups is 1. The van der Waals surface area contributed by atoms with Crippen molar-refractivity contribution in [1.82, 2.24) is 15.3 Å². The van der Waals surface area contributed by atoms with E-state index in [1.807, 2.05) is 6.79 Å². The molecule has 236 valence electrons. The van der Waals surface area contributed by atoms with Crippen molar-refractivity contribution in [2.24, 2.45) is 16.6 Å². The minimum absolute atomic E-state index is 0.0321. The van der Waals surface area contributed by atoms with Gasteiger partial charge in [0.15, 0.2) is 6.30 Å². The predicted octanol–water partition coefficient (Wildman–Crippen LogP) is 5.62. The number of methoxy groups -OCH3 is 1. The van der Waals surface area contributed by atoms with Crippen molar-refractivity contribution in [3.8, 4) is 17.0 Å². The Morgan fingerprint density at radius 2 is 1.98 bits per heavy atom. The number of nitrogens with zero attached hydrogens (tertiary/aromatic N) is 3. The second kappa shape index (κ2) is 15.7. The van der Waals surface area contributed by atoms with Crippen molar-refractivity contribution in [2.45, 2.75) is 57.7 Å². The van der Waals surface area contributed by atoms with Crippen LogP contribution in [0.3, 0.4) is 0 Å². The molecule has 1 fully saturated rings. The number of nitrogen functional groups attached to an aromatic ring is 1. The molecule has 9 nitrogen and oxygen atoms in total. The zero-order valence-corrected chi connectivity index (χ0v) is 26.1. The van der Waals surface area contributed by atoms with Crippen molar-refractivity contribution < 1.29 is 23.1 Å². The van der Waals surface area contributed by atoms with Crippen molar-refractivity contribution in [2.75, 3.05) is 26.4 Å². The Morgan fingerprint density at radius 3 is 2.61 bits per heavy atom. The number of alkyl halides is 1. The minimum atomic E-state index is -1.41. The van der Waals surface area contributed by atoms with Crippen molar-refractivity contribution in [3.05, 3.63) is 69.4 Å². The number of amides is 1. The molecule has 0 bridgehead atoms. The van der Waals surface area contributed by atoms with E-state index in [0.717, 1.165) is 36.9 Å². The van der Waals surface area contributed by atoms with Crippen LogP contribution in [-0.4, -0.2) is 55.9 Å². The Balaban J connectivity index is 0.00000127. The Kier molecular flexibility index (Phi) is 12.3. The van der Waals surface area contributed by atoms with Crippen LogP contribution in [0.2, 0.25) is 5.02 Å². The number of ether oxygens (including phenoxy) is 1. The first-order valence-electron chi connectivity index (χ1n) is 14.3. The molecular formula is C32H39ClF2N6O3. The third kappa shape index (κ3) is 7.75. The van der Waals surface area contributed by atoms with Gasteiger partial charge in [-0.2, -0.15) is 4.39 Å². The Bertz CT molecular complexity index is 1500. The van der Waals surface area contributed by atoms with Crippen LogP contribution < -0.4 is 21.5 Å². The topological polar surface area (TPSA) is 146 Å². The van der Waals surface area contributed by atoms with Crippen LogP contribution in [0.5, 0.6) is 5.75 Å². The molecule has 3 unspecified atom stereocenters. The first-order valence-corrected chi connectivity index (χ1v) is 14.7. The van der Waals surface area contributed by atoms with Gasteiger partial charge in [0.1, 0.15) is 17.6 Å². The van der Waals surface area contributed by atoms with Crippen LogP contribution >= 0.6 is 11.6 Å². The fourth-order valence-electron chi connectivity index (χ4n) is 5.40. The third-order valence-electron chi connectivity index (χ3n) is 7.77. The molecule has 1 aromatic carbocycles. The summed E-state index contributed by atoms with van der Waals surface area (Å²) >= 11 is 6.35. The minimum Gasteiger partial charge on any atom is -0.495 e. The summed E-state index contributed by atoms with van der Waals surface area (Å²) in [5.74, 6) is -0.0583. The summed E-state index contributed by atoms with van der Waals surface area (Å²) in [6.07, 6.45) is 5.19. The molecule has 0 aliphatic heterocycles. The highest BCUT2D eigenvalue weighted by Gasteiger charge is 2.36. The number of nitrogens with one attached hydrogen (secondary N) is 1. The molecule has 5 rings (SSSR count). The fourth-order valence-corrected chi connectivity index (χ4v) is 5.60. The molecule has 3 atom stereocenters. The zero-order valence-electron chi connectivity index (χ0n) is 25.4. The highest BCUT2D eigenvalue weighted by atomic mass is 35.5. The summed E-state index contributed by atoms with van der Waals surface area (Å²) in [6, 6.07) is 6.98. The molecule has 2 aliphatic rings. The second-order valence-electron chi connectivity index (χ2n) is 10.6. The maximum atomic E-state index is 14.3. The SMILES string of the molecule is C=O.CN.COc1cc(C(=O)NCC(c2cc3c(c(-c4ccnc(F)c4Cl)n2)CCC3C)C2CC2)cc(/C=N/C(C)F)c1N. The molecule has 5 N–H and O–H groups in total. The number of benzene rings is 1. The standard InChI is InChI=1S/C30H32ClF2N5O2.CH5N.CH2O/c1-15-4-7-20-22(15)12-24(38-28(20)21-8-9-35-29(33)26(21)31)23(17-5-6-17)14-37-30(39)18-10-19(13-36-16(2)32)27(34)25(11-18)40-3;2*1-2/h8-13,15-17,23H,4-7,14,34H2,1-3H3,(H,37,39);2H2,1H3;1H2/b36-13+;;. The van der Waals surface area contributed by atoms with E-state index in [4.69, 9.17) is 31.8 Å². The van der Waals surface area contributed by atoms with Gasteiger partial charge in [0.05, 0.1) is 18.5 Å². The summed E-state index contributed by atoms with van der Waals surface area (Å²) in [4.78, 5) is 33.8. The number of rotatable bonds is 9. The number of fused-ring (bicyclic) bond motifs is 1. The maximum absolute atomic E-state index is 14.3. The molecule has 12 heteroatoms. The summed E-state index contributed by atoms with van der Waals surface area (Å²) in [6.45, 7) is 5.84. The van der Waals surface area contributed by atoms with E-state index in [-0.39, 0.29) is 22.5 Å². The molecule has 1 saturated carbocycles. The maximum Gasteiger partial charge on any atom is 0.251 e. The molecule has 0 radical (unpaired) electrons. The van der Waals surface area contributed by atoms with E-state index in [0.29, 0.717) is 46.5 Å². The van der Waals surface area contributed by atoms with Gasteiger partial charge in [0.25, 0.3) is 5.91 Å². The number of hydrogen-bond acceptors (Lipinski definition) is 8. The van der Waals surface area contributed by atoms with Gasteiger partial charge >= 0.3 is 0 Å². The summed E-state index contributed by atoms with van der Waals surface area (Å²) in [7, 11) is 2.95. The number of pyridine rings is 2. The van der Waals surface area contributed by atoms with Crippen LogP contribution in [0.1, 0.15) is 77.7 Å². The number of hydrogen-bond donors (Lipinski definition) is 3. The number of halogens is 3. The van der Waals surface area contributed by atoms with Gasteiger partial charge < -0.3 is 26.3 Å². The molecule has 2 heterocycles. The summed E-state index contributed by atoms with van der Waals surface area (Å²) < 4.78 is 32.9. The molecule has 0 saturated heterocycles. The van der Waals surface area contributed by atoms with Gasteiger partial charge in [-0.15, -0.1) is 0 Å². The predicted molar refractivity (Wildman–Crippen MR) is 170 cm³/mol. The van der Waals surface area contributed by atoms with Crippen LogP contribution in [0.4, 0.5) is 14.5 Å². The fraction of sp³-hybridized carbons (Fsp3) is 0.406. The van der Waals surface area contributed by atoms with Gasteiger partial charge in [-0.05, 0) is 86.9 Å². The Morgan fingerprint density at radius 1 is 1.27 bits per heavy atom. The van der Waals surface area contributed by atoms with Gasteiger partial charge in [0, 0.05) is 47.3 Å². The lowest BCUT2D eigenvalue weighted by Gasteiger charge is -2.21. The van der Waals surface area contributed by atoms with Crippen molar-refractivity contribution >= 4 is 36.2 Å². The second-order valence-corrected chi connectivity index (χ2v) is 10.9. The van der Waals surface area contributed by atoms with E-state index in [1.165, 1.54) is 39.1 Å². The van der Waals surface area contributed by atoms with E-state index in [9.17, 15) is 13.6 Å². The third-order valence-corrected chi connectivity index (χ3v) is 8.13. The highest BCUT2D eigenvalue weighted by Crippen LogP contribution is 2.46. The average Bonchev–Trinajstić information content (AvgIpc) is 3.81.